The Morgan fingerprint density at radius 3 is 2.52 bits per heavy atom. The van der Waals surface area contributed by atoms with Crippen molar-refractivity contribution in [1.82, 2.24) is 4.57 Å². The average Bonchev–Trinajstić information content (AvgIpc) is 2.57. The molecule has 0 saturated carbocycles. The van der Waals surface area contributed by atoms with Gasteiger partial charge in [-0.25, -0.2) is 0 Å². The number of non-ortho nitro benzene ring substituents is 1. The maximum atomic E-state index is 12.6. The number of pyridine rings is 1. The predicted octanol–water partition coefficient (Wildman–Crippen LogP) is 3.12. The second kappa shape index (κ2) is 5.57. The molecule has 6 heteroatoms. The number of fused-ring (bicyclic) bond motifs is 1. The number of aryl methyl sites for hydroxylation is 1. The van der Waals surface area contributed by atoms with E-state index in [1.165, 1.54) is 19.2 Å². The Labute approximate surface area is 131 Å². The Morgan fingerprint density at radius 1 is 1.09 bits per heavy atom. The zero-order valence-electron chi connectivity index (χ0n) is 12.6. The van der Waals surface area contributed by atoms with Gasteiger partial charge in [-0.05, 0) is 23.6 Å². The molecule has 1 heterocycles. The lowest BCUT2D eigenvalue weighted by Gasteiger charge is -2.11. The molecule has 3 aromatic rings. The number of benzene rings is 2. The lowest BCUT2D eigenvalue weighted by atomic mass is 10.0. The fourth-order valence-electron chi connectivity index (χ4n) is 2.63. The Morgan fingerprint density at radius 2 is 1.83 bits per heavy atom. The van der Waals surface area contributed by atoms with Gasteiger partial charge < -0.3 is 9.30 Å². The number of para-hydroxylation sites is 1. The fraction of sp³-hybridized carbons (Fsp3) is 0.118. The molecule has 0 radical (unpaired) electrons. The summed E-state index contributed by atoms with van der Waals surface area (Å²) in [6, 6.07) is 13.6. The van der Waals surface area contributed by atoms with Crippen molar-refractivity contribution in [3.63, 3.8) is 0 Å². The molecule has 0 bridgehead atoms. The van der Waals surface area contributed by atoms with Crippen LogP contribution in [0.15, 0.2) is 53.3 Å². The topological polar surface area (TPSA) is 74.4 Å². The molecule has 6 nitrogen and oxygen atoms in total. The van der Waals surface area contributed by atoms with Crippen LogP contribution < -0.4 is 10.3 Å². The second-order valence-electron chi connectivity index (χ2n) is 5.12. The normalized spacial score (nSPS) is 10.7. The van der Waals surface area contributed by atoms with E-state index in [0.29, 0.717) is 16.9 Å². The van der Waals surface area contributed by atoms with E-state index < -0.39 is 4.92 Å². The monoisotopic (exact) mass is 310 g/mol. The van der Waals surface area contributed by atoms with Crippen LogP contribution in [0.1, 0.15) is 0 Å². The van der Waals surface area contributed by atoms with Crippen LogP contribution in [0.4, 0.5) is 5.69 Å². The molecule has 0 atom stereocenters. The van der Waals surface area contributed by atoms with Gasteiger partial charge in [0.2, 0.25) is 0 Å². The van der Waals surface area contributed by atoms with Crippen LogP contribution >= 0.6 is 0 Å². The van der Waals surface area contributed by atoms with Crippen molar-refractivity contribution >= 4 is 16.6 Å². The molecule has 23 heavy (non-hydrogen) atoms. The van der Waals surface area contributed by atoms with E-state index in [1.807, 2.05) is 24.3 Å². The number of rotatable bonds is 3. The fourth-order valence-corrected chi connectivity index (χ4v) is 2.63. The molecular formula is C17H14N2O4. The first-order chi connectivity index (χ1) is 11.0. The van der Waals surface area contributed by atoms with Gasteiger partial charge in [0, 0.05) is 18.7 Å². The Hall–Kier alpha value is -3.15. The molecule has 2 aromatic carbocycles. The van der Waals surface area contributed by atoms with E-state index in [-0.39, 0.29) is 11.2 Å². The summed E-state index contributed by atoms with van der Waals surface area (Å²) in [4.78, 5) is 23.0. The molecule has 1 aromatic heterocycles. The zero-order chi connectivity index (χ0) is 16.6. The molecule has 0 unspecified atom stereocenters. The maximum Gasteiger partial charge on any atom is 0.273 e. The smallest absolute Gasteiger partial charge is 0.273 e. The summed E-state index contributed by atoms with van der Waals surface area (Å²) in [5.41, 5.74) is 1.53. The predicted molar refractivity (Wildman–Crippen MR) is 87.8 cm³/mol. The quantitative estimate of drug-likeness (QED) is 0.550. The Kier molecular flexibility index (Phi) is 3.57. The van der Waals surface area contributed by atoms with Crippen molar-refractivity contribution in [2.75, 3.05) is 7.11 Å². The lowest BCUT2D eigenvalue weighted by Crippen LogP contribution is -2.19. The standard InChI is InChI=1S/C17H14N2O4/c1-18-15-6-4-3-5-11(15)9-14(17(18)20)13-8-7-12(19(21)22)10-16(13)23-2/h3-10H,1-2H3. The first-order valence-corrected chi connectivity index (χ1v) is 6.94. The summed E-state index contributed by atoms with van der Waals surface area (Å²) < 4.78 is 6.81. The summed E-state index contributed by atoms with van der Waals surface area (Å²) in [7, 11) is 3.13. The minimum absolute atomic E-state index is 0.0804. The first kappa shape index (κ1) is 14.8. The van der Waals surface area contributed by atoms with Crippen LogP contribution in [0.5, 0.6) is 5.75 Å². The molecule has 0 aliphatic carbocycles. The van der Waals surface area contributed by atoms with Gasteiger partial charge in [-0.2, -0.15) is 0 Å². The molecule has 0 N–H and O–H groups in total. The van der Waals surface area contributed by atoms with Gasteiger partial charge in [0.05, 0.1) is 29.2 Å². The SMILES string of the molecule is COc1cc([N+](=O)[O-])ccc1-c1cc2ccccc2n(C)c1=O. The van der Waals surface area contributed by atoms with E-state index >= 15 is 0 Å². The molecule has 0 fully saturated rings. The highest BCUT2D eigenvalue weighted by molar-refractivity contribution is 5.85. The maximum absolute atomic E-state index is 12.6. The van der Waals surface area contributed by atoms with E-state index in [1.54, 1.807) is 23.7 Å². The van der Waals surface area contributed by atoms with Gasteiger partial charge in [0.15, 0.2) is 0 Å². The van der Waals surface area contributed by atoms with E-state index in [0.717, 1.165) is 10.9 Å². The van der Waals surface area contributed by atoms with E-state index in [2.05, 4.69) is 0 Å². The van der Waals surface area contributed by atoms with Gasteiger partial charge in [-0.15, -0.1) is 0 Å². The summed E-state index contributed by atoms with van der Waals surface area (Å²) in [5.74, 6) is 0.298. The summed E-state index contributed by atoms with van der Waals surface area (Å²) in [6.07, 6.45) is 0. The minimum atomic E-state index is -0.495. The molecule has 0 amide bonds. The third-order valence-electron chi connectivity index (χ3n) is 3.82. The second-order valence-corrected chi connectivity index (χ2v) is 5.12. The number of ether oxygens (including phenoxy) is 1. The number of hydrogen-bond acceptors (Lipinski definition) is 4. The Balaban J connectivity index is 2.31. The van der Waals surface area contributed by atoms with Gasteiger partial charge in [0.1, 0.15) is 5.75 Å². The number of nitro benzene ring substituents is 1. The van der Waals surface area contributed by atoms with Crippen molar-refractivity contribution in [1.29, 1.82) is 0 Å². The number of methoxy groups -OCH3 is 1. The largest absolute Gasteiger partial charge is 0.496 e. The van der Waals surface area contributed by atoms with E-state index in [4.69, 9.17) is 4.74 Å². The van der Waals surface area contributed by atoms with Gasteiger partial charge >= 0.3 is 0 Å². The summed E-state index contributed by atoms with van der Waals surface area (Å²) >= 11 is 0. The molecule has 116 valence electrons. The third kappa shape index (κ3) is 2.44. The van der Waals surface area contributed by atoms with Crippen LogP contribution in [0, 0.1) is 10.1 Å². The minimum Gasteiger partial charge on any atom is -0.496 e. The molecule has 0 aliphatic rings. The molecule has 0 spiro atoms. The van der Waals surface area contributed by atoms with Crippen LogP contribution in [0.25, 0.3) is 22.0 Å². The van der Waals surface area contributed by atoms with E-state index in [9.17, 15) is 14.9 Å². The summed E-state index contributed by atoms with van der Waals surface area (Å²) in [5, 5.41) is 11.8. The lowest BCUT2D eigenvalue weighted by molar-refractivity contribution is -0.384. The number of nitro groups is 1. The highest BCUT2D eigenvalue weighted by Crippen LogP contribution is 2.32. The molecule has 0 saturated heterocycles. The first-order valence-electron chi connectivity index (χ1n) is 6.94. The van der Waals surface area contributed by atoms with Crippen molar-refractivity contribution in [2.24, 2.45) is 7.05 Å². The molecular weight excluding hydrogens is 296 g/mol. The van der Waals surface area contributed by atoms with Crippen LogP contribution in [-0.2, 0) is 7.05 Å². The van der Waals surface area contributed by atoms with Crippen molar-refractivity contribution in [2.45, 2.75) is 0 Å². The zero-order valence-corrected chi connectivity index (χ0v) is 12.6. The molecule has 3 rings (SSSR count). The van der Waals surface area contributed by atoms with Crippen molar-refractivity contribution < 1.29 is 9.66 Å². The summed E-state index contributed by atoms with van der Waals surface area (Å²) in [6.45, 7) is 0. The number of hydrogen-bond donors (Lipinski definition) is 0. The number of aromatic nitrogens is 1. The molecule has 0 aliphatic heterocycles. The van der Waals surface area contributed by atoms with Crippen molar-refractivity contribution in [3.05, 3.63) is 69.0 Å². The Bertz CT molecular complexity index is 976. The highest BCUT2D eigenvalue weighted by Gasteiger charge is 2.16. The average molecular weight is 310 g/mol. The van der Waals surface area contributed by atoms with Crippen LogP contribution in [-0.4, -0.2) is 16.6 Å². The number of nitrogens with zero attached hydrogens (tertiary/aromatic N) is 2. The van der Waals surface area contributed by atoms with Crippen LogP contribution in [0.2, 0.25) is 0 Å². The van der Waals surface area contributed by atoms with Gasteiger partial charge in [0.25, 0.3) is 11.2 Å². The highest BCUT2D eigenvalue weighted by atomic mass is 16.6. The van der Waals surface area contributed by atoms with Gasteiger partial charge in [-0.1, -0.05) is 18.2 Å². The van der Waals surface area contributed by atoms with Crippen molar-refractivity contribution in [3.8, 4) is 16.9 Å². The van der Waals surface area contributed by atoms with Gasteiger partial charge in [-0.3, -0.25) is 14.9 Å². The van der Waals surface area contributed by atoms with Crippen LogP contribution in [0.3, 0.4) is 0 Å². The third-order valence-corrected chi connectivity index (χ3v) is 3.82.